The number of carbonyl (C=O) groups excluding carboxylic acids is 1. The van der Waals surface area contributed by atoms with Crippen LogP contribution in [0.3, 0.4) is 0 Å². The van der Waals surface area contributed by atoms with Crippen LogP contribution in [0.5, 0.6) is 0 Å². The van der Waals surface area contributed by atoms with Gasteiger partial charge in [0.15, 0.2) is 0 Å². The van der Waals surface area contributed by atoms with Crippen molar-refractivity contribution in [2.75, 3.05) is 0 Å². The van der Waals surface area contributed by atoms with E-state index in [2.05, 4.69) is 10.3 Å². The Labute approximate surface area is 270 Å². The predicted octanol–water partition coefficient (Wildman–Crippen LogP) is 6.84. The van der Waals surface area contributed by atoms with Crippen LogP contribution < -0.4 is 5.32 Å². The van der Waals surface area contributed by atoms with E-state index in [1.54, 1.807) is 30.6 Å². The summed E-state index contributed by atoms with van der Waals surface area (Å²) in [6, 6.07) is 36.0. The van der Waals surface area contributed by atoms with Gasteiger partial charge in [-0.15, -0.1) is 0 Å². The number of aliphatic hydroxyl groups is 1. The number of hydrogen-bond acceptors (Lipinski definition) is 5. The third kappa shape index (κ3) is 7.59. The molecule has 1 saturated carbocycles. The lowest BCUT2D eigenvalue weighted by Gasteiger charge is -2.26. The Kier molecular flexibility index (Phi) is 9.68. The Hall–Kier alpha value is -4.63. The largest absolute Gasteiger partial charge is 0.393 e. The average Bonchev–Trinajstić information content (AvgIpc) is 3.10. The molecule has 0 saturated heterocycles. The summed E-state index contributed by atoms with van der Waals surface area (Å²) in [5.74, 6) is -0.104. The lowest BCUT2D eigenvalue weighted by molar-refractivity contribution is 0.0867. The summed E-state index contributed by atoms with van der Waals surface area (Å²) in [4.78, 5) is 17.2. The van der Waals surface area contributed by atoms with Crippen LogP contribution in [0, 0.1) is 0 Å². The molecule has 4 aromatic carbocycles. The number of sulfonamides is 1. The first-order valence-corrected chi connectivity index (χ1v) is 17.0. The minimum atomic E-state index is -3.83. The van der Waals surface area contributed by atoms with Crippen molar-refractivity contribution in [2.24, 2.45) is 0 Å². The maximum atomic E-state index is 14.0. The van der Waals surface area contributed by atoms with Gasteiger partial charge in [-0.1, -0.05) is 84.9 Å². The van der Waals surface area contributed by atoms with Crippen LogP contribution >= 0.6 is 0 Å². The third-order valence-corrected chi connectivity index (χ3v) is 10.3. The zero-order chi connectivity index (χ0) is 31.9. The second kappa shape index (κ2) is 14.2. The van der Waals surface area contributed by atoms with Gasteiger partial charge >= 0.3 is 0 Å². The molecule has 234 valence electrons. The van der Waals surface area contributed by atoms with Gasteiger partial charge in [-0.3, -0.25) is 9.78 Å². The van der Waals surface area contributed by atoms with Crippen molar-refractivity contribution >= 4 is 15.9 Å². The molecule has 1 aromatic heterocycles. The molecule has 1 heterocycles. The van der Waals surface area contributed by atoms with Crippen molar-refractivity contribution in [3.8, 4) is 22.3 Å². The normalized spacial score (nSPS) is 16.7. The molecule has 46 heavy (non-hydrogen) atoms. The molecule has 2 N–H and O–H groups in total. The fourth-order valence-electron chi connectivity index (χ4n) is 5.83. The average molecular weight is 632 g/mol. The Morgan fingerprint density at radius 2 is 1.26 bits per heavy atom. The van der Waals surface area contributed by atoms with Gasteiger partial charge in [-0.2, -0.15) is 4.31 Å². The van der Waals surface area contributed by atoms with E-state index in [1.807, 2.05) is 97.1 Å². The second-order valence-electron chi connectivity index (χ2n) is 11.8. The monoisotopic (exact) mass is 631 g/mol. The number of rotatable bonds is 10. The third-order valence-electron chi connectivity index (χ3n) is 8.51. The van der Waals surface area contributed by atoms with Gasteiger partial charge in [-0.05, 0) is 89.4 Å². The number of benzene rings is 4. The molecule has 1 fully saturated rings. The SMILES string of the molecule is O=C(NC1CCC(O)CC1)c1ccc(-c2ccc(CN(Cc3cccnc3)S(=O)(=O)c3ccc(-c4ccccc4)cc3)cc2)cc1. The highest BCUT2D eigenvalue weighted by molar-refractivity contribution is 7.89. The lowest BCUT2D eigenvalue weighted by atomic mass is 9.93. The summed E-state index contributed by atoms with van der Waals surface area (Å²) in [5.41, 5.74) is 6.15. The summed E-state index contributed by atoms with van der Waals surface area (Å²) < 4.78 is 29.4. The smallest absolute Gasteiger partial charge is 0.251 e. The Balaban J connectivity index is 1.17. The molecule has 0 unspecified atom stereocenters. The van der Waals surface area contributed by atoms with Crippen LogP contribution in [0.25, 0.3) is 22.3 Å². The molecule has 1 aliphatic carbocycles. The highest BCUT2D eigenvalue weighted by Crippen LogP contribution is 2.27. The van der Waals surface area contributed by atoms with Crippen molar-refractivity contribution in [1.82, 2.24) is 14.6 Å². The molecule has 0 atom stereocenters. The van der Waals surface area contributed by atoms with Crippen LogP contribution in [0.15, 0.2) is 133 Å². The van der Waals surface area contributed by atoms with E-state index in [-0.39, 0.29) is 36.0 Å². The van der Waals surface area contributed by atoms with E-state index < -0.39 is 10.0 Å². The highest BCUT2D eigenvalue weighted by atomic mass is 32.2. The molecular weight excluding hydrogens is 595 g/mol. The van der Waals surface area contributed by atoms with Gasteiger partial charge in [0.05, 0.1) is 11.0 Å². The van der Waals surface area contributed by atoms with Gasteiger partial charge in [-0.25, -0.2) is 8.42 Å². The first-order chi connectivity index (χ1) is 22.3. The fraction of sp³-hybridized carbons (Fsp3) is 0.211. The maximum Gasteiger partial charge on any atom is 0.251 e. The molecule has 0 spiro atoms. The maximum absolute atomic E-state index is 14.0. The van der Waals surface area contributed by atoms with Crippen molar-refractivity contribution in [3.05, 3.63) is 144 Å². The van der Waals surface area contributed by atoms with E-state index in [0.29, 0.717) is 5.56 Å². The summed E-state index contributed by atoms with van der Waals surface area (Å²) in [7, 11) is -3.83. The quantitative estimate of drug-likeness (QED) is 0.176. The molecule has 0 radical (unpaired) electrons. The number of aliphatic hydroxyl groups excluding tert-OH is 1. The summed E-state index contributed by atoms with van der Waals surface area (Å²) in [6.07, 6.45) is 6.12. The van der Waals surface area contributed by atoms with Crippen molar-refractivity contribution in [2.45, 2.75) is 55.8 Å². The summed E-state index contributed by atoms with van der Waals surface area (Å²) in [6.45, 7) is 0.374. The van der Waals surface area contributed by atoms with Gasteiger partial charge in [0.2, 0.25) is 10.0 Å². The van der Waals surface area contributed by atoms with Crippen LogP contribution in [-0.2, 0) is 23.1 Å². The number of aromatic nitrogens is 1. The minimum absolute atomic E-state index is 0.0957. The van der Waals surface area contributed by atoms with Crippen LogP contribution in [0.4, 0.5) is 0 Å². The van der Waals surface area contributed by atoms with E-state index in [0.717, 1.165) is 59.1 Å². The Morgan fingerprint density at radius 3 is 1.87 bits per heavy atom. The van der Waals surface area contributed by atoms with Gasteiger partial charge in [0, 0.05) is 37.1 Å². The van der Waals surface area contributed by atoms with E-state index in [1.165, 1.54) is 4.31 Å². The van der Waals surface area contributed by atoms with Gasteiger partial charge < -0.3 is 10.4 Å². The molecule has 5 aromatic rings. The van der Waals surface area contributed by atoms with Crippen LogP contribution in [0.1, 0.15) is 47.2 Å². The number of nitrogens with one attached hydrogen (secondary N) is 1. The van der Waals surface area contributed by atoms with Crippen LogP contribution in [-0.4, -0.2) is 40.9 Å². The zero-order valence-electron chi connectivity index (χ0n) is 25.5. The van der Waals surface area contributed by atoms with Crippen molar-refractivity contribution in [3.63, 3.8) is 0 Å². The standard InChI is InChI=1S/C38H37N3O4S/c42-36-20-18-35(19-21-36)40-38(43)34-14-12-32(13-15-34)31-10-8-28(9-11-31)26-41(27-29-5-4-24-39-25-29)46(44,45)37-22-16-33(17-23-37)30-6-2-1-3-7-30/h1-17,22-25,35-36,42H,18-21,26-27H2,(H,40,43). The van der Waals surface area contributed by atoms with Gasteiger partial charge in [0.1, 0.15) is 0 Å². The molecule has 0 bridgehead atoms. The summed E-state index contributed by atoms with van der Waals surface area (Å²) >= 11 is 0. The molecule has 7 nitrogen and oxygen atoms in total. The molecule has 8 heteroatoms. The Morgan fingerprint density at radius 1 is 0.696 bits per heavy atom. The fourth-order valence-corrected chi connectivity index (χ4v) is 7.25. The first kappa shape index (κ1) is 31.4. The number of pyridine rings is 1. The number of carbonyl (C=O) groups is 1. The van der Waals surface area contributed by atoms with Gasteiger partial charge in [0.25, 0.3) is 5.91 Å². The van der Waals surface area contributed by atoms with E-state index in [9.17, 15) is 18.3 Å². The topological polar surface area (TPSA) is 99.6 Å². The second-order valence-corrected chi connectivity index (χ2v) is 13.7. The molecular formula is C38H37N3O4S. The number of nitrogens with zero attached hydrogens (tertiary/aromatic N) is 2. The first-order valence-electron chi connectivity index (χ1n) is 15.6. The Bertz CT molecular complexity index is 1840. The highest BCUT2D eigenvalue weighted by Gasteiger charge is 2.25. The lowest BCUT2D eigenvalue weighted by Crippen LogP contribution is -2.38. The predicted molar refractivity (Wildman–Crippen MR) is 180 cm³/mol. The molecule has 1 amide bonds. The van der Waals surface area contributed by atoms with E-state index in [4.69, 9.17) is 0 Å². The minimum Gasteiger partial charge on any atom is -0.393 e. The zero-order valence-corrected chi connectivity index (χ0v) is 26.3. The van der Waals surface area contributed by atoms with Crippen LogP contribution in [0.2, 0.25) is 0 Å². The summed E-state index contributed by atoms with van der Waals surface area (Å²) in [5, 5.41) is 12.8. The number of hydrogen-bond donors (Lipinski definition) is 2. The van der Waals surface area contributed by atoms with Crippen molar-refractivity contribution in [1.29, 1.82) is 0 Å². The molecule has 1 aliphatic rings. The molecule has 6 rings (SSSR count). The number of amides is 1. The molecule has 0 aliphatic heterocycles. The van der Waals surface area contributed by atoms with Crippen molar-refractivity contribution < 1.29 is 18.3 Å². The van der Waals surface area contributed by atoms with E-state index >= 15 is 0 Å².